The summed E-state index contributed by atoms with van der Waals surface area (Å²) < 4.78 is 0. The van der Waals surface area contributed by atoms with E-state index in [2.05, 4.69) is 0 Å². The summed E-state index contributed by atoms with van der Waals surface area (Å²) in [6.45, 7) is 4.86. The Morgan fingerprint density at radius 1 is 1.27 bits per heavy atom. The average molecular weight is 294 g/mol. The molecule has 0 saturated carbocycles. The van der Waals surface area contributed by atoms with Crippen LogP contribution in [0.1, 0.15) is 30.6 Å². The van der Waals surface area contributed by atoms with Crippen LogP contribution in [0.4, 0.5) is 0 Å². The summed E-state index contributed by atoms with van der Waals surface area (Å²) in [6.07, 6.45) is 2.52. The van der Waals surface area contributed by atoms with Crippen molar-refractivity contribution in [3.05, 3.63) is 47.5 Å². The monoisotopic (exact) mass is 294 g/mol. The fourth-order valence-corrected chi connectivity index (χ4v) is 3.57. The van der Waals surface area contributed by atoms with Crippen LogP contribution < -0.4 is 0 Å². The molecule has 0 aromatic heterocycles. The summed E-state index contributed by atoms with van der Waals surface area (Å²) in [5, 5.41) is 9.15. The number of hydrogen-bond acceptors (Lipinski definition) is 3. The number of rotatable bonds is 1. The first-order valence-corrected chi connectivity index (χ1v) is 7.43. The minimum absolute atomic E-state index is 0.0143. The van der Waals surface area contributed by atoms with Gasteiger partial charge in [-0.3, -0.25) is 9.59 Å². The van der Waals surface area contributed by atoms with Gasteiger partial charge in [-0.1, -0.05) is 38.1 Å². The van der Waals surface area contributed by atoms with Gasteiger partial charge in [-0.25, -0.2) is 0 Å². The topological polar surface area (TPSA) is 61.2 Å². The molecule has 112 valence electrons. The number of nitrogens with zero attached hydrogens (tertiary/aromatic N) is 2. The van der Waals surface area contributed by atoms with Gasteiger partial charge in [0.05, 0.1) is 5.57 Å². The Morgan fingerprint density at radius 3 is 2.55 bits per heavy atom. The molecular formula is C18H18N2O2. The van der Waals surface area contributed by atoms with Crippen molar-refractivity contribution in [1.29, 1.82) is 5.26 Å². The number of nitriles is 1. The molecule has 1 spiro atoms. The fraction of sp³-hybridized carbons (Fsp3) is 0.389. The molecule has 2 aliphatic rings. The molecule has 3 rings (SSSR count). The number of benzene rings is 1. The maximum absolute atomic E-state index is 12.6. The van der Waals surface area contributed by atoms with E-state index in [0.29, 0.717) is 18.7 Å². The molecule has 4 heteroatoms. The van der Waals surface area contributed by atoms with E-state index in [1.807, 2.05) is 38.1 Å². The van der Waals surface area contributed by atoms with E-state index >= 15 is 0 Å². The fourth-order valence-electron chi connectivity index (χ4n) is 3.57. The molecule has 4 nitrogen and oxygen atoms in total. The van der Waals surface area contributed by atoms with Gasteiger partial charge in [0.25, 0.3) is 5.91 Å². The van der Waals surface area contributed by atoms with E-state index in [0.717, 1.165) is 6.42 Å². The molecule has 1 atom stereocenters. The lowest BCUT2D eigenvalue weighted by Crippen LogP contribution is -2.41. The largest absolute Gasteiger partial charge is 0.338 e. The highest BCUT2D eigenvalue weighted by atomic mass is 16.2. The van der Waals surface area contributed by atoms with E-state index in [-0.39, 0.29) is 17.3 Å². The molecule has 1 unspecified atom stereocenters. The van der Waals surface area contributed by atoms with Crippen molar-refractivity contribution in [1.82, 2.24) is 4.90 Å². The van der Waals surface area contributed by atoms with Gasteiger partial charge in [0.1, 0.15) is 6.07 Å². The van der Waals surface area contributed by atoms with E-state index in [1.54, 1.807) is 23.1 Å². The van der Waals surface area contributed by atoms with Crippen molar-refractivity contribution in [2.45, 2.75) is 20.3 Å². The van der Waals surface area contributed by atoms with Crippen molar-refractivity contribution in [2.75, 3.05) is 13.1 Å². The van der Waals surface area contributed by atoms with Gasteiger partial charge in [-0.2, -0.15) is 5.26 Å². The quantitative estimate of drug-likeness (QED) is 0.799. The van der Waals surface area contributed by atoms with Gasteiger partial charge in [0.2, 0.25) is 0 Å². The van der Waals surface area contributed by atoms with Crippen molar-refractivity contribution >= 4 is 11.7 Å². The first kappa shape index (κ1) is 14.5. The lowest BCUT2D eigenvalue weighted by molar-refractivity contribution is -0.125. The normalized spacial score (nSPS) is 26.1. The minimum atomic E-state index is -0.635. The van der Waals surface area contributed by atoms with Gasteiger partial charge in [0.15, 0.2) is 5.78 Å². The van der Waals surface area contributed by atoms with Crippen LogP contribution in [0.2, 0.25) is 0 Å². The summed E-state index contributed by atoms with van der Waals surface area (Å²) >= 11 is 0. The van der Waals surface area contributed by atoms with Crippen molar-refractivity contribution in [3.63, 3.8) is 0 Å². The van der Waals surface area contributed by atoms with Gasteiger partial charge in [-0.05, 0) is 18.6 Å². The van der Waals surface area contributed by atoms with E-state index in [1.165, 1.54) is 0 Å². The highest BCUT2D eigenvalue weighted by Gasteiger charge is 2.57. The number of allylic oxidation sites excluding steroid dienone is 1. The number of likely N-dealkylation sites (tertiary alicyclic amines) is 1. The highest BCUT2D eigenvalue weighted by molar-refractivity contribution is 6.06. The maximum Gasteiger partial charge on any atom is 0.253 e. The number of Topliss-reactive ketones (excluding diaryl/α,β-unsaturated/α-hetero) is 1. The first-order chi connectivity index (χ1) is 10.4. The molecule has 1 aliphatic carbocycles. The van der Waals surface area contributed by atoms with Crippen LogP contribution in [0.5, 0.6) is 0 Å². The zero-order valence-corrected chi connectivity index (χ0v) is 12.8. The predicted molar refractivity (Wildman–Crippen MR) is 81.9 cm³/mol. The molecule has 0 radical (unpaired) electrons. The van der Waals surface area contributed by atoms with Crippen LogP contribution in [-0.4, -0.2) is 29.7 Å². The van der Waals surface area contributed by atoms with Gasteiger partial charge >= 0.3 is 0 Å². The third kappa shape index (κ3) is 1.89. The second-order valence-corrected chi connectivity index (χ2v) is 6.62. The van der Waals surface area contributed by atoms with E-state index in [4.69, 9.17) is 5.26 Å². The summed E-state index contributed by atoms with van der Waals surface area (Å²) in [5.41, 5.74) is -0.159. The summed E-state index contributed by atoms with van der Waals surface area (Å²) in [5.74, 6) is -0.122. The third-order valence-electron chi connectivity index (χ3n) is 5.21. The number of hydrogen-bond donors (Lipinski definition) is 0. The number of ketones is 1. The smallest absolute Gasteiger partial charge is 0.253 e. The van der Waals surface area contributed by atoms with Crippen LogP contribution >= 0.6 is 0 Å². The van der Waals surface area contributed by atoms with Gasteiger partial charge in [-0.15, -0.1) is 0 Å². The third-order valence-corrected chi connectivity index (χ3v) is 5.21. The molecule has 1 fully saturated rings. The molecule has 1 heterocycles. The summed E-state index contributed by atoms with van der Waals surface area (Å²) in [7, 11) is 0. The zero-order valence-electron chi connectivity index (χ0n) is 12.8. The van der Waals surface area contributed by atoms with Crippen LogP contribution in [-0.2, 0) is 4.79 Å². The maximum atomic E-state index is 12.6. The van der Waals surface area contributed by atoms with Gasteiger partial charge < -0.3 is 4.90 Å². The molecular weight excluding hydrogens is 276 g/mol. The van der Waals surface area contributed by atoms with Crippen LogP contribution in [0.25, 0.3) is 0 Å². The van der Waals surface area contributed by atoms with Crippen LogP contribution in [0, 0.1) is 22.2 Å². The molecule has 0 bridgehead atoms. The standard InChI is InChI=1S/C18H18N2O2/c1-17(2)15(21)14(11-19)10-18(17)8-9-20(12-18)16(22)13-6-4-3-5-7-13/h3-7,10H,8-9,12H2,1-2H3. The SMILES string of the molecule is CC1(C)C(=O)C(C#N)=CC12CCN(C(=O)c1ccccc1)C2. The number of amides is 1. The molecule has 1 aromatic rings. The molecule has 22 heavy (non-hydrogen) atoms. The van der Waals surface area contributed by atoms with Crippen molar-refractivity contribution in [2.24, 2.45) is 10.8 Å². The molecule has 1 saturated heterocycles. The Morgan fingerprint density at radius 2 is 1.95 bits per heavy atom. The predicted octanol–water partition coefficient (Wildman–Crippen LogP) is 2.58. The Labute approximate surface area is 130 Å². The van der Waals surface area contributed by atoms with Crippen LogP contribution in [0.3, 0.4) is 0 Å². The van der Waals surface area contributed by atoms with E-state index < -0.39 is 10.8 Å². The van der Waals surface area contributed by atoms with E-state index in [9.17, 15) is 9.59 Å². The Hall–Kier alpha value is -2.41. The second-order valence-electron chi connectivity index (χ2n) is 6.62. The Balaban J connectivity index is 1.89. The lowest BCUT2D eigenvalue weighted by Gasteiger charge is -2.35. The van der Waals surface area contributed by atoms with Crippen molar-refractivity contribution in [3.8, 4) is 6.07 Å². The zero-order chi connectivity index (χ0) is 16.0. The lowest BCUT2D eigenvalue weighted by atomic mass is 9.66. The second kappa shape index (κ2) is 4.81. The van der Waals surface area contributed by atoms with Crippen LogP contribution in [0.15, 0.2) is 42.0 Å². The number of carbonyl (C=O) groups excluding carboxylic acids is 2. The minimum Gasteiger partial charge on any atom is -0.338 e. The molecule has 1 aliphatic heterocycles. The Bertz CT molecular complexity index is 712. The molecule has 1 amide bonds. The molecule has 1 aromatic carbocycles. The Kier molecular flexibility index (Phi) is 3.17. The summed E-state index contributed by atoms with van der Waals surface area (Å²) in [4.78, 5) is 26.8. The molecule has 0 N–H and O–H groups in total. The van der Waals surface area contributed by atoms with Gasteiger partial charge in [0, 0.05) is 29.5 Å². The van der Waals surface area contributed by atoms with Crippen molar-refractivity contribution < 1.29 is 9.59 Å². The first-order valence-electron chi connectivity index (χ1n) is 7.43. The highest BCUT2D eigenvalue weighted by Crippen LogP contribution is 2.53. The number of carbonyl (C=O) groups is 2. The summed E-state index contributed by atoms with van der Waals surface area (Å²) in [6, 6.07) is 11.2. The average Bonchev–Trinajstić information content (AvgIpc) is 3.04.